The summed E-state index contributed by atoms with van der Waals surface area (Å²) in [7, 11) is 0. The van der Waals surface area contributed by atoms with Gasteiger partial charge in [0.2, 0.25) is 0 Å². The molecule has 0 radical (unpaired) electrons. The predicted molar refractivity (Wildman–Crippen MR) is 109 cm³/mol. The normalized spacial score (nSPS) is 11.3. The van der Waals surface area contributed by atoms with Gasteiger partial charge in [-0.3, -0.25) is 4.79 Å². The van der Waals surface area contributed by atoms with Crippen LogP contribution in [0.1, 0.15) is 16.9 Å². The fraction of sp³-hybridized carbons (Fsp3) is 0.200. The van der Waals surface area contributed by atoms with Crippen LogP contribution in [0.5, 0.6) is 0 Å². The van der Waals surface area contributed by atoms with E-state index in [0.717, 1.165) is 29.5 Å². The van der Waals surface area contributed by atoms with Gasteiger partial charge in [-0.2, -0.15) is 0 Å². The summed E-state index contributed by atoms with van der Waals surface area (Å²) in [5, 5.41) is 2.99. The van der Waals surface area contributed by atoms with E-state index >= 15 is 0 Å². The van der Waals surface area contributed by atoms with Crippen molar-refractivity contribution in [2.75, 3.05) is 6.54 Å². The number of amides is 1. The number of hydrogen-bond donors (Lipinski definition) is 1. The number of hydrogen-bond acceptors (Lipinski definition) is 3. The fourth-order valence-corrected chi connectivity index (χ4v) is 3.65. The predicted octanol–water partition coefficient (Wildman–Crippen LogP) is 4.35. The van der Waals surface area contributed by atoms with Crippen molar-refractivity contribution in [2.24, 2.45) is 0 Å². The summed E-state index contributed by atoms with van der Waals surface area (Å²) < 4.78 is 10.2. The van der Waals surface area contributed by atoms with Crippen LogP contribution in [0.25, 0.3) is 22.1 Å². The molecule has 1 aromatic carbocycles. The minimum absolute atomic E-state index is 0.116. The van der Waals surface area contributed by atoms with Gasteiger partial charge < -0.3 is 18.9 Å². The molecule has 0 spiro atoms. The Morgan fingerprint density at radius 1 is 1.30 bits per heavy atom. The number of aromatic nitrogens is 3. The summed E-state index contributed by atoms with van der Waals surface area (Å²) >= 11 is 3.32. The zero-order chi connectivity index (χ0) is 18.8. The summed E-state index contributed by atoms with van der Waals surface area (Å²) in [4.78, 5) is 17.0. The highest BCUT2D eigenvalue weighted by atomic mass is 79.9. The second-order valence-corrected chi connectivity index (χ2v) is 7.05. The van der Waals surface area contributed by atoms with Crippen molar-refractivity contribution >= 4 is 44.0 Å². The minimum atomic E-state index is -0.116. The summed E-state index contributed by atoms with van der Waals surface area (Å²) in [6.07, 6.45) is 4.42. The summed E-state index contributed by atoms with van der Waals surface area (Å²) in [6.45, 7) is 5.69. The Hall–Kier alpha value is -2.80. The van der Waals surface area contributed by atoms with E-state index < -0.39 is 0 Å². The van der Waals surface area contributed by atoms with E-state index in [0.29, 0.717) is 29.0 Å². The Morgan fingerprint density at radius 3 is 3.00 bits per heavy atom. The van der Waals surface area contributed by atoms with Crippen LogP contribution in [0, 0.1) is 0 Å². The molecule has 4 rings (SSSR count). The van der Waals surface area contributed by atoms with Gasteiger partial charge in [0.25, 0.3) is 5.91 Å². The minimum Gasteiger partial charge on any atom is -0.448 e. The van der Waals surface area contributed by atoms with E-state index in [2.05, 4.69) is 43.4 Å². The quantitative estimate of drug-likeness (QED) is 0.352. The van der Waals surface area contributed by atoms with Gasteiger partial charge in [0.1, 0.15) is 5.69 Å². The van der Waals surface area contributed by atoms with Crippen molar-refractivity contribution in [3.63, 3.8) is 0 Å². The number of carbonyl (C=O) groups excluding carboxylic acids is 1. The number of nitrogens with one attached hydrogen (secondary N) is 1. The molecule has 0 aliphatic carbocycles. The first-order chi connectivity index (χ1) is 13.2. The van der Waals surface area contributed by atoms with Crippen LogP contribution in [-0.2, 0) is 13.1 Å². The number of nitrogens with zero attached hydrogens (tertiary/aromatic N) is 3. The third-order valence-corrected chi connectivity index (χ3v) is 4.88. The number of fused-ring (bicyclic) bond motifs is 2. The van der Waals surface area contributed by atoms with Crippen LogP contribution < -0.4 is 5.32 Å². The zero-order valence-corrected chi connectivity index (χ0v) is 16.3. The van der Waals surface area contributed by atoms with Crippen molar-refractivity contribution in [1.82, 2.24) is 19.4 Å². The molecule has 3 aromatic heterocycles. The molecule has 138 valence electrons. The Labute approximate surface area is 164 Å². The van der Waals surface area contributed by atoms with E-state index in [-0.39, 0.29) is 5.91 Å². The molecule has 1 N–H and O–H groups in total. The van der Waals surface area contributed by atoms with Gasteiger partial charge >= 0.3 is 0 Å². The van der Waals surface area contributed by atoms with Crippen molar-refractivity contribution in [3.8, 4) is 0 Å². The number of aryl methyl sites for hydroxylation is 1. The van der Waals surface area contributed by atoms with E-state index in [1.54, 1.807) is 12.1 Å². The van der Waals surface area contributed by atoms with Crippen LogP contribution >= 0.6 is 15.9 Å². The molecule has 4 aromatic rings. The largest absolute Gasteiger partial charge is 0.448 e. The van der Waals surface area contributed by atoms with Gasteiger partial charge in [0.05, 0.1) is 22.9 Å². The van der Waals surface area contributed by atoms with E-state index in [9.17, 15) is 4.79 Å². The monoisotopic (exact) mass is 426 g/mol. The molecule has 6 nitrogen and oxygen atoms in total. The van der Waals surface area contributed by atoms with Crippen LogP contribution in [-0.4, -0.2) is 26.6 Å². The van der Waals surface area contributed by atoms with Crippen LogP contribution in [0.2, 0.25) is 0 Å². The maximum absolute atomic E-state index is 12.6. The van der Waals surface area contributed by atoms with Gasteiger partial charge in [0, 0.05) is 31.8 Å². The summed E-state index contributed by atoms with van der Waals surface area (Å²) in [6, 6.07) is 11.7. The number of halogens is 1. The highest BCUT2D eigenvalue weighted by Crippen LogP contribution is 2.27. The van der Waals surface area contributed by atoms with E-state index in [1.165, 1.54) is 0 Å². The molecule has 0 fully saturated rings. The Bertz CT molecular complexity index is 1120. The number of rotatable bonds is 7. The molecule has 27 heavy (non-hydrogen) atoms. The molecular weight excluding hydrogens is 408 g/mol. The molecule has 0 aliphatic rings. The molecule has 0 aliphatic heterocycles. The van der Waals surface area contributed by atoms with Gasteiger partial charge in [-0.1, -0.05) is 18.2 Å². The number of imidazole rings is 1. The maximum atomic E-state index is 12.6. The van der Waals surface area contributed by atoms with E-state index in [1.807, 2.05) is 35.2 Å². The Kier molecular flexibility index (Phi) is 4.85. The van der Waals surface area contributed by atoms with Crippen molar-refractivity contribution < 1.29 is 9.21 Å². The lowest BCUT2D eigenvalue weighted by molar-refractivity contribution is 0.0944. The highest BCUT2D eigenvalue weighted by Gasteiger charge is 2.17. The maximum Gasteiger partial charge on any atom is 0.268 e. The molecule has 0 bridgehead atoms. The summed E-state index contributed by atoms with van der Waals surface area (Å²) in [5.74, 6) is -0.116. The van der Waals surface area contributed by atoms with Gasteiger partial charge in [0.15, 0.2) is 10.3 Å². The second kappa shape index (κ2) is 7.44. The third-order valence-electron chi connectivity index (χ3n) is 4.49. The second-order valence-electron chi connectivity index (χ2n) is 6.26. The van der Waals surface area contributed by atoms with Crippen molar-refractivity contribution in [1.29, 1.82) is 0 Å². The Morgan fingerprint density at radius 2 is 2.15 bits per heavy atom. The van der Waals surface area contributed by atoms with Crippen LogP contribution in [0.4, 0.5) is 0 Å². The zero-order valence-electron chi connectivity index (χ0n) is 14.7. The van der Waals surface area contributed by atoms with Crippen molar-refractivity contribution in [2.45, 2.75) is 19.5 Å². The topological polar surface area (TPSA) is 65.0 Å². The molecule has 1 amide bonds. The van der Waals surface area contributed by atoms with Gasteiger partial charge in [-0.15, -0.1) is 6.58 Å². The molecule has 3 heterocycles. The average molecular weight is 427 g/mol. The standard InChI is InChI=1S/C20H19BrN4O2/c1-2-9-25-16-12-19(21)27-18(16)11-17(25)20(26)22-8-5-10-24-13-23-14-6-3-4-7-15(14)24/h2-4,6-7,11-13H,1,5,8-10H2,(H,22,26). The highest BCUT2D eigenvalue weighted by molar-refractivity contribution is 9.10. The molecule has 0 saturated carbocycles. The third kappa shape index (κ3) is 3.42. The molecular formula is C20H19BrN4O2. The Balaban J connectivity index is 1.41. The number of allylic oxidation sites excluding steroid dienone is 1. The molecule has 0 unspecified atom stereocenters. The van der Waals surface area contributed by atoms with Crippen molar-refractivity contribution in [3.05, 3.63) is 65.7 Å². The smallest absolute Gasteiger partial charge is 0.268 e. The van der Waals surface area contributed by atoms with Crippen LogP contribution in [0.15, 0.2) is 64.5 Å². The first-order valence-electron chi connectivity index (χ1n) is 8.75. The SMILES string of the molecule is C=CCn1c(C(=O)NCCCn2cnc3ccccc32)cc2oc(Br)cc21. The molecule has 0 atom stereocenters. The lowest BCUT2D eigenvalue weighted by Gasteiger charge is -2.09. The fourth-order valence-electron chi connectivity index (χ4n) is 3.26. The molecule has 7 heteroatoms. The lowest BCUT2D eigenvalue weighted by Crippen LogP contribution is -2.27. The number of benzene rings is 1. The number of carbonyl (C=O) groups is 1. The number of para-hydroxylation sites is 2. The first-order valence-corrected chi connectivity index (χ1v) is 9.54. The summed E-state index contributed by atoms with van der Waals surface area (Å²) in [5.41, 5.74) is 4.21. The van der Waals surface area contributed by atoms with Gasteiger partial charge in [-0.25, -0.2) is 4.98 Å². The lowest BCUT2D eigenvalue weighted by atomic mass is 10.3. The van der Waals surface area contributed by atoms with Crippen LogP contribution in [0.3, 0.4) is 0 Å². The van der Waals surface area contributed by atoms with Gasteiger partial charge in [-0.05, 0) is 34.5 Å². The average Bonchev–Trinajstić information content (AvgIpc) is 3.32. The molecule has 0 saturated heterocycles. The number of furan rings is 1. The van der Waals surface area contributed by atoms with E-state index in [4.69, 9.17) is 4.42 Å². The first kappa shape index (κ1) is 17.6.